The van der Waals surface area contributed by atoms with Crippen LogP contribution in [0.15, 0.2) is 41.8 Å². The van der Waals surface area contributed by atoms with Gasteiger partial charge in [-0.3, -0.25) is 0 Å². The quantitative estimate of drug-likeness (QED) is 0.846. The Balaban J connectivity index is 2.12. The van der Waals surface area contributed by atoms with Crippen LogP contribution >= 0.6 is 23.6 Å². The van der Waals surface area contributed by atoms with Gasteiger partial charge in [-0.05, 0) is 23.6 Å². The molecule has 0 unspecified atom stereocenters. The van der Waals surface area contributed by atoms with E-state index in [2.05, 4.69) is 0 Å². The van der Waals surface area contributed by atoms with Gasteiger partial charge in [0.05, 0.1) is 5.56 Å². The minimum atomic E-state index is 0.363. The molecule has 2 rings (SSSR count). The van der Waals surface area contributed by atoms with Crippen LogP contribution in [0.3, 0.4) is 0 Å². The van der Waals surface area contributed by atoms with E-state index in [0.29, 0.717) is 11.6 Å². The first-order chi connectivity index (χ1) is 7.77. The van der Waals surface area contributed by atoms with Crippen LogP contribution in [0.25, 0.3) is 0 Å². The van der Waals surface area contributed by atoms with Crippen molar-refractivity contribution in [3.05, 3.63) is 52.2 Å². The molecule has 0 saturated carbocycles. The lowest BCUT2D eigenvalue weighted by molar-refractivity contribution is 0.309. The van der Waals surface area contributed by atoms with Crippen LogP contribution in [-0.4, -0.2) is 4.99 Å². The number of hydrogen-bond donors (Lipinski definition) is 1. The first kappa shape index (κ1) is 11.1. The van der Waals surface area contributed by atoms with E-state index in [9.17, 15) is 0 Å². The predicted octanol–water partition coefficient (Wildman–Crippen LogP) is 2.96. The molecule has 16 heavy (non-hydrogen) atoms. The normalized spacial score (nSPS) is 10.0. The van der Waals surface area contributed by atoms with Crippen LogP contribution in [0.5, 0.6) is 5.75 Å². The Labute approximate surface area is 104 Å². The SMILES string of the molecule is NC(=S)c1ccccc1OCc1cccs1. The fraction of sp³-hybridized carbons (Fsp3) is 0.0833. The highest BCUT2D eigenvalue weighted by Crippen LogP contribution is 2.20. The van der Waals surface area contributed by atoms with Gasteiger partial charge < -0.3 is 10.5 Å². The molecule has 0 fully saturated rings. The van der Waals surface area contributed by atoms with Gasteiger partial charge in [0.1, 0.15) is 17.3 Å². The van der Waals surface area contributed by atoms with Gasteiger partial charge in [0.15, 0.2) is 0 Å². The van der Waals surface area contributed by atoms with Crippen molar-refractivity contribution in [3.63, 3.8) is 0 Å². The molecule has 0 radical (unpaired) electrons. The van der Waals surface area contributed by atoms with Gasteiger partial charge >= 0.3 is 0 Å². The van der Waals surface area contributed by atoms with Crippen LogP contribution in [0.4, 0.5) is 0 Å². The number of para-hydroxylation sites is 1. The summed E-state index contributed by atoms with van der Waals surface area (Å²) >= 11 is 6.63. The van der Waals surface area contributed by atoms with E-state index >= 15 is 0 Å². The third kappa shape index (κ3) is 2.59. The van der Waals surface area contributed by atoms with Crippen molar-refractivity contribution in [2.24, 2.45) is 5.73 Å². The van der Waals surface area contributed by atoms with Crippen LogP contribution < -0.4 is 10.5 Å². The maximum Gasteiger partial charge on any atom is 0.130 e. The van der Waals surface area contributed by atoms with Gasteiger partial charge in [-0.25, -0.2) is 0 Å². The molecule has 2 nitrogen and oxygen atoms in total. The molecule has 1 heterocycles. The largest absolute Gasteiger partial charge is 0.487 e. The summed E-state index contributed by atoms with van der Waals surface area (Å²) in [6.07, 6.45) is 0. The second-order valence-electron chi connectivity index (χ2n) is 3.23. The highest BCUT2D eigenvalue weighted by molar-refractivity contribution is 7.80. The van der Waals surface area contributed by atoms with E-state index in [-0.39, 0.29) is 0 Å². The number of thiophene rings is 1. The summed E-state index contributed by atoms with van der Waals surface area (Å²) in [5.74, 6) is 0.739. The number of benzene rings is 1. The molecule has 0 aliphatic heterocycles. The smallest absolute Gasteiger partial charge is 0.130 e. The summed E-state index contributed by atoms with van der Waals surface area (Å²) in [5.41, 5.74) is 6.40. The van der Waals surface area contributed by atoms with Crippen molar-refractivity contribution in [1.82, 2.24) is 0 Å². The predicted molar refractivity (Wildman–Crippen MR) is 71.0 cm³/mol. The number of hydrogen-bond acceptors (Lipinski definition) is 3. The maximum atomic E-state index is 5.69. The number of nitrogens with two attached hydrogens (primary N) is 1. The Morgan fingerprint density at radius 2 is 2.06 bits per heavy atom. The zero-order valence-electron chi connectivity index (χ0n) is 8.55. The molecule has 0 atom stereocenters. The van der Waals surface area contributed by atoms with Gasteiger partial charge in [-0.2, -0.15) is 0 Å². The lowest BCUT2D eigenvalue weighted by Crippen LogP contribution is -2.11. The van der Waals surface area contributed by atoms with Crippen molar-refractivity contribution >= 4 is 28.5 Å². The Kier molecular flexibility index (Phi) is 3.54. The highest BCUT2D eigenvalue weighted by Gasteiger charge is 2.05. The van der Waals surface area contributed by atoms with Gasteiger partial charge in [0.2, 0.25) is 0 Å². The summed E-state index contributed by atoms with van der Waals surface area (Å²) in [7, 11) is 0. The van der Waals surface area contributed by atoms with Gasteiger partial charge in [-0.1, -0.05) is 30.4 Å². The van der Waals surface area contributed by atoms with Crippen molar-refractivity contribution in [2.45, 2.75) is 6.61 Å². The molecular weight excluding hydrogens is 238 g/mol. The molecule has 4 heteroatoms. The molecule has 2 N–H and O–H groups in total. The van der Waals surface area contributed by atoms with Gasteiger partial charge in [-0.15, -0.1) is 11.3 Å². The van der Waals surface area contributed by atoms with E-state index in [4.69, 9.17) is 22.7 Å². The van der Waals surface area contributed by atoms with Crippen LogP contribution in [0.2, 0.25) is 0 Å². The lowest BCUT2D eigenvalue weighted by atomic mass is 10.2. The molecule has 1 aromatic heterocycles. The lowest BCUT2D eigenvalue weighted by Gasteiger charge is -2.09. The third-order valence-corrected chi connectivity index (χ3v) is 3.17. The summed E-state index contributed by atoms with van der Waals surface area (Å²) in [6.45, 7) is 0.553. The standard InChI is InChI=1S/C12H11NOS2/c13-12(15)10-5-1-2-6-11(10)14-8-9-4-3-7-16-9/h1-7H,8H2,(H2,13,15). The molecule has 0 aliphatic carbocycles. The van der Waals surface area contributed by atoms with E-state index < -0.39 is 0 Å². The molecule has 0 amide bonds. The number of ether oxygens (including phenoxy) is 1. The topological polar surface area (TPSA) is 35.2 Å². The zero-order chi connectivity index (χ0) is 11.4. The Morgan fingerprint density at radius 3 is 2.75 bits per heavy atom. The molecule has 0 bridgehead atoms. The molecule has 0 aliphatic rings. The van der Waals surface area contributed by atoms with E-state index in [1.807, 2.05) is 41.8 Å². The summed E-state index contributed by atoms with van der Waals surface area (Å²) in [6, 6.07) is 11.6. The van der Waals surface area contributed by atoms with Gasteiger partial charge in [0.25, 0.3) is 0 Å². The average molecular weight is 249 g/mol. The number of rotatable bonds is 4. The number of thiocarbonyl (C=S) groups is 1. The second kappa shape index (κ2) is 5.09. The van der Waals surface area contributed by atoms with Crippen molar-refractivity contribution in [2.75, 3.05) is 0 Å². The maximum absolute atomic E-state index is 5.69. The van der Waals surface area contributed by atoms with E-state index in [1.54, 1.807) is 11.3 Å². The second-order valence-corrected chi connectivity index (χ2v) is 4.70. The third-order valence-electron chi connectivity index (χ3n) is 2.10. The fourth-order valence-electron chi connectivity index (χ4n) is 1.34. The first-order valence-corrected chi connectivity index (χ1v) is 6.10. The van der Waals surface area contributed by atoms with Crippen molar-refractivity contribution in [3.8, 4) is 5.75 Å². The van der Waals surface area contributed by atoms with Crippen molar-refractivity contribution < 1.29 is 4.74 Å². The summed E-state index contributed by atoms with van der Waals surface area (Å²) < 4.78 is 5.69. The molecule has 0 saturated heterocycles. The van der Waals surface area contributed by atoms with Crippen LogP contribution in [-0.2, 0) is 6.61 Å². The molecule has 82 valence electrons. The Morgan fingerprint density at radius 1 is 1.25 bits per heavy atom. The molecule has 0 spiro atoms. The van der Waals surface area contributed by atoms with Crippen LogP contribution in [0.1, 0.15) is 10.4 Å². The Bertz CT molecular complexity index is 480. The molecular formula is C12H11NOS2. The molecule has 1 aromatic carbocycles. The monoisotopic (exact) mass is 249 g/mol. The minimum Gasteiger partial charge on any atom is -0.487 e. The summed E-state index contributed by atoms with van der Waals surface area (Å²) in [4.78, 5) is 1.54. The van der Waals surface area contributed by atoms with E-state index in [1.165, 1.54) is 4.88 Å². The minimum absolute atomic E-state index is 0.363. The Hall–Kier alpha value is -1.39. The highest BCUT2D eigenvalue weighted by atomic mass is 32.1. The zero-order valence-corrected chi connectivity index (χ0v) is 10.2. The van der Waals surface area contributed by atoms with Gasteiger partial charge in [0, 0.05) is 4.88 Å². The fourth-order valence-corrected chi connectivity index (χ4v) is 2.12. The first-order valence-electron chi connectivity index (χ1n) is 4.81. The average Bonchev–Trinajstić information content (AvgIpc) is 2.79. The van der Waals surface area contributed by atoms with E-state index in [0.717, 1.165) is 11.3 Å². The van der Waals surface area contributed by atoms with Crippen LogP contribution in [0, 0.1) is 0 Å². The summed E-state index contributed by atoms with van der Waals surface area (Å²) in [5, 5.41) is 2.03. The molecule has 2 aromatic rings. The van der Waals surface area contributed by atoms with Crippen molar-refractivity contribution in [1.29, 1.82) is 0 Å².